The molecule has 0 saturated carbocycles. The molecule has 1 amide bonds. The van der Waals surface area contributed by atoms with Gasteiger partial charge in [0.25, 0.3) is 0 Å². The predicted octanol–water partition coefficient (Wildman–Crippen LogP) is 3.46. The first-order valence-electron chi connectivity index (χ1n) is 9.15. The molecule has 0 aliphatic rings. The first-order chi connectivity index (χ1) is 12.4. The number of carbonyl (C=O) groups is 1. The zero-order valence-corrected chi connectivity index (χ0v) is 18.1. The molecule has 1 unspecified atom stereocenters. The second kappa shape index (κ2) is 10.1. The minimum Gasteiger partial charge on any atom is -0.383 e. The maximum absolute atomic E-state index is 12.8. The Hall–Kier alpha value is -1.60. The van der Waals surface area contributed by atoms with Crippen LogP contribution in [-0.2, 0) is 26.2 Å². The molecule has 0 radical (unpaired) electrons. The van der Waals surface area contributed by atoms with Crippen molar-refractivity contribution in [2.45, 2.75) is 47.1 Å². The normalized spacial score (nSPS) is 13.3. The second-order valence-electron chi connectivity index (χ2n) is 8.32. The van der Waals surface area contributed by atoms with E-state index in [-0.39, 0.29) is 23.0 Å². The van der Waals surface area contributed by atoms with E-state index in [0.29, 0.717) is 26.1 Å². The van der Waals surface area contributed by atoms with E-state index in [0.717, 1.165) is 18.2 Å². The van der Waals surface area contributed by atoms with Crippen molar-refractivity contribution < 1.29 is 22.1 Å². The summed E-state index contributed by atoms with van der Waals surface area (Å²) >= 11 is 0. The molecule has 7 heteroatoms. The van der Waals surface area contributed by atoms with Crippen LogP contribution in [0.25, 0.3) is 0 Å². The van der Waals surface area contributed by atoms with Crippen LogP contribution in [0.5, 0.6) is 5.75 Å². The van der Waals surface area contributed by atoms with Crippen LogP contribution >= 0.6 is 0 Å². The number of hydrogen-bond acceptors (Lipinski definition) is 5. The van der Waals surface area contributed by atoms with E-state index in [9.17, 15) is 13.2 Å². The van der Waals surface area contributed by atoms with Crippen LogP contribution in [0.3, 0.4) is 0 Å². The molecular formula is C20H33NO5S. The van der Waals surface area contributed by atoms with Gasteiger partial charge in [0.2, 0.25) is 5.91 Å². The predicted molar refractivity (Wildman–Crippen MR) is 107 cm³/mol. The molecule has 27 heavy (non-hydrogen) atoms. The third kappa shape index (κ3) is 10.3. The van der Waals surface area contributed by atoms with Gasteiger partial charge in [-0.1, -0.05) is 39.8 Å². The van der Waals surface area contributed by atoms with Crippen LogP contribution in [-0.4, -0.2) is 45.7 Å². The first-order valence-corrected chi connectivity index (χ1v) is 11.0. The highest BCUT2D eigenvalue weighted by Gasteiger charge is 2.21. The average Bonchev–Trinajstić information content (AvgIpc) is 2.47. The Balaban J connectivity index is 2.85. The van der Waals surface area contributed by atoms with Crippen molar-refractivity contribution in [2.24, 2.45) is 11.3 Å². The highest BCUT2D eigenvalue weighted by atomic mass is 32.2. The van der Waals surface area contributed by atoms with Crippen LogP contribution in [0.1, 0.15) is 46.1 Å². The Bertz CT molecular complexity index is 709. The SMILES string of the molecule is COCCN(Cc1cccc(OS(C)(=O)=O)c1)C(=O)CC(C)CC(C)(C)C. The highest BCUT2D eigenvalue weighted by molar-refractivity contribution is 7.86. The molecule has 0 aliphatic carbocycles. The van der Waals surface area contributed by atoms with Gasteiger partial charge in [-0.05, 0) is 35.4 Å². The van der Waals surface area contributed by atoms with Gasteiger partial charge in [0.1, 0.15) is 5.75 Å². The maximum atomic E-state index is 12.8. The molecule has 0 saturated heterocycles. The Kier molecular flexibility index (Phi) is 8.75. The second-order valence-corrected chi connectivity index (χ2v) is 9.89. The van der Waals surface area contributed by atoms with E-state index in [1.54, 1.807) is 30.2 Å². The fourth-order valence-corrected chi connectivity index (χ4v) is 3.58. The molecule has 1 atom stereocenters. The summed E-state index contributed by atoms with van der Waals surface area (Å²) < 4.78 is 32.7. The van der Waals surface area contributed by atoms with E-state index < -0.39 is 10.1 Å². The van der Waals surface area contributed by atoms with Gasteiger partial charge in [0.15, 0.2) is 0 Å². The van der Waals surface area contributed by atoms with Gasteiger partial charge in [-0.2, -0.15) is 8.42 Å². The fourth-order valence-electron chi connectivity index (χ4n) is 3.13. The van der Waals surface area contributed by atoms with E-state index in [4.69, 9.17) is 8.92 Å². The van der Waals surface area contributed by atoms with E-state index >= 15 is 0 Å². The summed E-state index contributed by atoms with van der Waals surface area (Å²) in [5.41, 5.74) is 0.984. The van der Waals surface area contributed by atoms with Gasteiger partial charge in [0, 0.05) is 26.6 Å². The van der Waals surface area contributed by atoms with Crippen molar-refractivity contribution in [1.82, 2.24) is 4.90 Å². The number of benzene rings is 1. The number of carbonyl (C=O) groups excluding carboxylic acids is 1. The smallest absolute Gasteiger partial charge is 0.306 e. The summed E-state index contributed by atoms with van der Waals surface area (Å²) in [5, 5.41) is 0. The molecule has 0 N–H and O–H groups in total. The molecule has 1 rings (SSSR count). The minimum absolute atomic E-state index is 0.0678. The third-order valence-corrected chi connectivity index (χ3v) is 4.42. The lowest BCUT2D eigenvalue weighted by atomic mass is 9.84. The molecule has 0 aliphatic heterocycles. The summed E-state index contributed by atoms with van der Waals surface area (Å²) in [7, 11) is -1.98. The first kappa shape index (κ1) is 23.4. The standard InChI is InChI=1S/C20H33NO5S/c1-16(14-20(2,3)4)12-19(22)21(10-11-25-5)15-17-8-7-9-18(13-17)26-27(6,23)24/h7-9,13,16H,10-12,14-15H2,1-6H3. The van der Waals surface area contributed by atoms with E-state index in [1.165, 1.54) is 0 Å². The maximum Gasteiger partial charge on any atom is 0.306 e. The zero-order chi connectivity index (χ0) is 20.7. The number of methoxy groups -OCH3 is 1. The Morgan fingerprint density at radius 2 is 1.93 bits per heavy atom. The molecule has 6 nitrogen and oxygen atoms in total. The topological polar surface area (TPSA) is 72.9 Å². The zero-order valence-electron chi connectivity index (χ0n) is 17.3. The van der Waals surface area contributed by atoms with Crippen LogP contribution < -0.4 is 4.18 Å². The minimum atomic E-state index is -3.59. The molecule has 1 aromatic carbocycles. The van der Waals surface area contributed by atoms with E-state index in [2.05, 4.69) is 27.7 Å². The van der Waals surface area contributed by atoms with Crippen molar-refractivity contribution in [3.05, 3.63) is 29.8 Å². The molecule has 0 fully saturated rings. The number of hydrogen-bond donors (Lipinski definition) is 0. The summed E-state index contributed by atoms with van der Waals surface area (Å²) in [5.74, 6) is 0.593. The largest absolute Gasteiger partial charge is 0.383 e. The molecule has 1 aromatic rings. The molecular weight excluding hydrogens is 366 g/mol. The van der Waals surface area contributed by atoms with Gasteiger partial charge >= 0.3 is 10.1 Å². The van der Waals surface area contributed by atoms with E-state index in [1.807, 2.05) is 6.07 Å². The van der Waals surface area contributed by atoms with Crippen molar-refractivity contribution >= 4 is 16.0 Å². The fraction of sp³-hybridized carbons (Fsp3) is 0.650. The van der Waals surface area contributed by atoms with Gasteiger partial charge in [-0.15, -0.1) is 0 Å². The number of rotatable bonds is 10. The average molecular weight is 400 g/mol. The van der Waals surface area contributed by atoms with Crippen molar-refractivity contribution in [2.75, 3.05) is 26.5 Å². The molecule has 0 aromatic heterocycles. The quantitative estimate of drug-likeness (QED) is 0.563. The highest BCUT2D eigenvalue weighted by Crippen LogP contribution is 2.26. The van der Waals surface area contributed by atoms with Crippen molar-refractivity contribution in [3.63, 3.8) is 0 Å². The number of nitrogens with zero attached hydrogens (tertiary/aromatic N) is 1. The van der Waals surface area contributed by atoms with Crippen molar-refractivity contribution in [3.8, 4) is 5.75 Å². The lowest BCUT2D eigenvalue weighted by molar-refractivity contribution is -0.133. The summed E-state index contributed by atoms with van der Waals surface area (Å²) in [6, 6.07) is 6.79. The Morgan fingerprint density at radius 1 is 1.26 bits per heavy atom. The summed E-state index contributed by atoms with van der Waals surface area (Å²) in [6.07, 6.45) is 2.44. The van der Waals surface area contributed by atoms with Crippen LogP contribution in [0.4, 0.5) is 0 Å². The third-order valence-electron chi connectivity index (χ3n) is 3.92. The van der Waals surface area contributed by atoms with Crippen LogP contribution in [0.15, 0.2) is 24.3 Å². The number of amides is 1. The van der Waals surface area contributed by atoms with Crippen LogP contribution in [0, 0.1) is 11.3 Å². The monoisotopic (exact) mass is 399 g/mol. The number of ether oxygens (including phenoxy) is 1. The lowest BCUT2D eigenvalue weighted by Gasteiger charge is -2.27. The Labute approximate surface area is 164 Å². The lowest BCUT2D eigenvalue weighted by Crippen LogP contribution is -2.34. The molecule has 0 heterocycles. The molecule has 154 valence electrons. The molecule has 0 spiro atoms. The van der Waals surface area contributed by atoms with Crippen LogP contribution in [0.2, 0.25) is 0 Å². The van der Waals surface area contributed by atoms with Gasteiger partial charge in [-0.25, -0.2) is 0 Å². The van der Waals surface area contributed by atoms with Gasteiger partial charge in [-0.3, -0.25) is 4.79 Å². The summed E-state index contributed by atoms with van der Waals surface area (Å²) in [4.78, 5) is 14.6. The Morgan fingerprint density at radius 3 is 2.48 bits per heavy atom. The molecule has 0 bridgehead atoms. The summed E-state index contributed by atoms with van der Waals surface area (Å²) in [6.45, 7) is 9.91. The van der Waals surface area contributed by atoms with Gasteiger partial charge < -0.3 is 13.8 Å². The van der Waals surface area contributed by atoms with Gasteiger partial charge in [0.05, 0.1) is 12.9 Å². The van der Waals surface area contributed by atoms with Crippen molar-refractivity contribution in [1.29, 1.82) is 0 Å².